The Hall–Kier alpha value is -3.68. The number of aryl methyl sites for hydroxylation is 1. The molecule has 168 valence electrons. The minimum absolute atomic E-state index is 0.122. The normalized spacial score (nSPS) is 12.8. The van der Waals surface area contributed by atoms with Crippen LogP contribution in [0.5, 0.6) is 5.75 Å². The predicted octanol–water partition coefficient (Wildman–Crippen LogP) is 3.69. The number of nitrogens with one attached hydrogen (secondary N) is 2. The van der Waals surface area contributed by atoms with Gasteiger partial charge in [-0.3, -0.25) is 9.59 Å². The molecule has 0 spiro atoms. The van der Waals surface area contributed by atoms with Crippen molar-refractivity contribution >= 4 is 11.8 Å². The first-order valence-corrected chi connectivity index (χ1v) is 10.4. The average molecular weight is 437 g/mol. The number of nitrogens with zero attached hydrogens (tertiary/aromatic N) is 2. The topological polar surface area (TPSA) is 106 Å². The second kappa shape index (κ2) is 10.1. The van der Waals surface area contributed by atoms with Crippen molar-refractivity contribution in [1.82, 2.24) is 20.8 Å². The summed E-state index contributed by atoms with van der Waals surface area (Å²) in [7, 11) is 1.57. The molecule has 1 aromatic heterocycles. The predicted molar refractivity (Wildman–Crippen MR) is 120 cm³/mol. The highest BCUT2D eigenvalue weighted by molar-refractivity contribution is 5.97. The Morgan fingerprint density at radius 3 is 2.47 bits per heavy atom. The smallest absolute Gasteiger partial charge is 0.251 e. The van der Waals surface area contributed by atoms with Gasteiger partial charge in [0.15, 0.2) is 0 Å². The number of para-hydroxylation sites is 1. The number of rotatable bonds is 8. The molecule has 0 unspecified atom stereocenters. The number of methoxy groups -OCH3 is 1. The molecule has 0 bridgehead atoms. The first-order valence-electron chi connectivity index (χ1n) is 10.4. The van der Waals surface area contributed by atoms with E-state index in [1.54, 1.807) is 32.2 Å². The van der Waals surface area contributed by atoms with Crippen LogP contribution in [0.3, 0.4) is 0 Å². The van der Waals surface area contributed by atoms with Crippen molar-refractivity contribution in [2.75, 3.05) is 7.11 Å². The van der Waals surface area contributed by atoms with Crippen LogP contribution in [0.4, 0.5) is 0 Å². The van der Waals surface area contributed by atoms with E-state index in [1.807, 2.05) is 51.1 Å². The number of amides is 2. The van der Waals surface area contributed by atoms with E-state index in [0.717, 1.165) is 5.56 Å². The molecule has 2 aromatic carbocycles. The van der Waals surface area contributed by atoms with Gasteiger partial charge in [-0.2, -0.15) is 4.98 Å². The molecular weight excluding hydrogens is 408 g/mol. The molecule has 3 aromatic rings. The Morgan fingerprint density at radius 2 is 1.78 bits per heavy atom. The first kappa shape index (κ1) is 23.0. The molecule has 0 aliphatic heterocycles. The molecule has 8 nitrogen and oxygen atoms in total. The van der Waals surface area contributed by atoms with Gasteiger partial charge in [-0.15, -0.1) is 0 Å². The molecule has 2 amide bonds. The van der Waals surface area contributed by atoms with Crippen LogP contribution in [-0.2, 0) is 4.79 Å². The lowest BCUT2D eigenvalue weighted by Gasteiger charge is -2.23. The molecule has 0 saturated carbocycles. The summed E-state index contributed by atoms with van der Waals surface area (Å²) in [6.07, 6.45) is 0. The Kier molecular flexibility index (Phi) is 7.25. The van der Waals surface area contributed by atoms with Crippen LogP contribution < -0.4 is 15.4 Å². The van der Waals surface area contributed by atoms with E-state index in [9.17, 15) is 9.59 Å². The van der Waals surface area contributed by atoms with Gasteiger partial charge in [-0.05, 0) is 44.0 Å². The van der Waals surface area contributed by atoms with Crippen LogP contribution >= 0.6 is 0 Å². The molecule has 8 heteroatoms. The van der Waals surface area contributed by atoms with Gasteiger partial charge in [0, 0.05) is 5.56 Å². The Labute approximate surface area is 187 Å². The van der Waals surface area contributed by atoms with Gasteiger partial charge in [0.25, 0.3) is 5.91 Å². The molecule has 32 heavy (non-hydrogen) atoms. The summed E-state index contributed by atoms with van der Waals surface area (Å²) in [5, 5.41) is 9.70. The molecule has 0 radical (unpaired) electrons. The SMILES string of the molecule is COc1ccccc1-c1noc([C@H](C)NC(=O)[C@H](NC(=O)c2cccc(C)c2)C(C)C)n1. The van der Waals surface area contributed by atoms with E-state index in [-0.39, 0.29) is 23.6 Å². The van der Waals surface area contributed by atoms with Crippen molar-refractivity contribution in [2.24, 2.45) is 5.92 Å². The van der Waals surface area contributed by atoms with E-state index in [2.05, 4.69) is 20.8 Å². The van der Waals surface area contributed by atoms with Crippen LogP contribution in [0, 0.1) is 12.8 Å². The summed E-state index contributed by atoms with van der Waals surface area (Å²) in [5.41, 5.74) is 2.17. The van der Waals surface area contributed by atoms with Crippen molar-refractivity contribution in [3.8, 4) is 17.1 Å². The largest absolute Gasteiger partial charge is 0.496 e. The van der Waals surface area contributed by atoms with Crippen molar-refractivity contribution in [2.45, 2.75) is 39.8 Å². The first-order chi connectivity index (χ1) is 15.3. The van der Waals surface area contributed by atoms with Gasteiger partial charge >= 0.3 is 0 Å². The summed E-state index contributed by atoms with van der Waals surface area (Å²) in [4.78, 5) is 30.0. The fourth-order valence-electron chi connectivity index (χ4n) is 3.26. The monoisotopic (exact) mass is 436 g/mol. The van der Waals surface area contributed by atoms with Crippen molar-refractivity contribution in [3.63, 3.8) is 0 Å². The quantitative estimate of drug-likeness (QED) is 0.558. The van der Waals surface area contributed by atoms with E-state index < -0.39 is 12.1 Å². The summed E-state index contributed by atoms with van der Waals surface area (Å²) >= 11 is 0. The standard InChI is InChI=1S/C24H28N4O4/c1-14(2)20(26-22(29)17-10-8-9-15(3)13-17)23(30)25-16(4)24-27-21(28-32-24)18-11-6-7-12-19(18)31-5/h6-14,16,20H,1-5H3,(H,25,30)(H,26,29)/t16-,20+/m0/s1. The summed E-state index contributed by atoms with van der Waals surface area (Å²) in [6, 6.07) is 13.3. The lowest BCUT2D eigenvalue weighted by atomic mass is 10.0. The number of ether oxygens (including phenoxy) is 1. The van der Waals surface area contributed by atoms with E-state index in [4.69, 9.17) is 9.26 Å². The maximum atomic E-state index is 12.9. The van der Waals surface area contributed by atoms with Gasteiger partial charge in [0.1, 0.15) is 17.8 Å². The van der Waals surface area contributed by atoms with Crippen LogP contribution in [0.25, 0.3) is 11.4 Å². The van der Waals surface area contributed by atoms with Crippen molar-refractivity contribution < 1.29 is 18.8 Å². The number of aromatic nitrogens is 2. The fourth-order valence-corrected chi connectivity index (χ4v) is 3.26. The third-order valence-electron chi connectivity index (χ3n) is 5.03. The molecular formula is C24H28N4O4. The van der Waals surface area contributed by atoms with Crippen LogP contribution in [-0.4, -0.2) is 35.1 Å². The van der Waals surface area contributed by atoms with Crippen molar-refractivity contribution in [3.05, 3.63) is 65.5 Å². The maximum absolute atomic E-state index is 12.9. The van der Waals surface area contributed by atoms with E-state index in [0.29, 0.717) is 22.7 Å². The highest BCUT2D eigenvalue weighted by Crippen LogP contribution is 2.28. The molecule has 0 aliphatic carbocycles. The van der Waals surface area contributed by atoms with Gasteiger partial charge in [0.05, 0.1) is 12.7 Å². The Bertz CT molecular complexity index is 1090. The van der Waals surface area contributed by atoms with Crippen LogP contribution in [0.1, 0.15) is 48.6 Å². The molecule has 0 aliphatic rings. The minimum atomic E-state index is -0.720. The summed E-state index contributed by atoms with van der Waals surface area (Å²) < 4.78 is 10.7. The van der Waals surface area contributed by atoms with Crippen LogP contribution in [0.2, 0.25) is 0 Å². The zero-order valence-corrected chi connectivity index (χ0v) is 18.9. The maximum Gasteiger partial charge on any atom is 0.251 e. The minimum Gasteiger partial charge on any atom is -0.496 e. The number of hydrogen-bond acceptors (Lipinski definition) is 6. The highest BCUT2D eigenvalue weighted by Gasteiger charge is 2.27. The zero-order valence-electron chi connectivity index (χ0n) is 18.9. The Morgan fingerprint density at radius 1 is 1.03 bits per heavy atom. The average Bonchev–Trinajstić information content (AvgIpc) is 3.27. The third-order valence-corrected chi connectivity index (χ3v) is 5.03. The summed E-state index contributed by atoms with van der Waals surface area (Å²) in [6.45, 7) is 7.40. The van der Waals surface area contributed by atoms with Crippen molar-refractivity contribution in [1.29, 1.82) is 0 Å². The number of benzene rings is 2. The Balaban J connectivity index is 1.70. The molecule has 2 N–H and O–H groups in total. The van der Waals surface area contributed by atoms with Crippen LogP contribution in [0.15, 0.2) is 53.1 Å². The number of carbonyl (C=O) groups is 2. The highest BCUT2D eigenvalue weighted by atomic mass is 16.5. The van der Waals surface area contributed by atoms with Gasteiger partial charge in [-0.1, -0.05) is 48.8 Å². The number of hydrogen-bond donors (Lipinski definition) is 2. The second-order valence-electron chi connectivity index (χ2n) is 7.95. The number of carbonyl (C=O) groups excluding carboxylic acids is 2. The van der Waals surface area contributed by atoms with Gasteiger partial charge in [-0.25, -0.2) is 0 Å². The molecule has 2 atom stereocenters. The lowest BCUT2D eigenvalue weighted by Crippen LogP contribution is -2.50. The third kappa shape index (κ3) is 5.32. The van der Waals surface area contributed by atoms with Gasteiger partial charge in [0.2, 0.25) is 17.6 Å². The molecule has 0 saturated heterocycles. The molecule has 0 fully saturated rings. The zero-order chi connectivity index (χ0) is 23.3. The summed E-state index contributed by atoms with van der Waals surface area (Å²) in [5.74, 6) is 0.494. The molecule has 3 rings (SSSR count). The molecule has 1 heterocycles. The van der Waals surface area contributed by atoms with E-state index in [1.165, 1.54) is 0 Å². The van der Waals surface area contributed by atoms with E-state index >= 15 is 0 Å². The fraction of sp³-hybridized carbons (Fsp3) is 0.333. The van der Waals surface area contributed by atoms with Gasteiger partial charge < -0.3 is 19.9 Å². The second-order valence-corrected chi connectivity index (χ2v) is 7.95. The lowest BCUT2D eigenvalue weighted by molar-refractivity contribution is -0.124.